The first kappa shape index (κ1) is 22.0. The highest BCUT2D eigenvalue weighted by atomic mass is 16.7. The summed E-state index contributed by atoms with van der Waals surface area (Å²) < 4.78 is 17.6. The molecule has 3 aliphatic rings. The Labute approximate surface area is 205 Å². The second kappa shape index (κ2) is 9.29. The van der Waals surface area contributed by atoms with Gasteiger partial charge in [-0.3, -0.25) is 4.79 Å². The number of benzene rings is 2. The van der Waals surface area contributed by atoms with Crippen LogP contribution in [0, 0.1) is 0 Å². The molecule has 0 bridgehead atoms. The number of ether oxygens (including phenoxy) is 2. The van der Waals surface area contributed by atoms with Gasteiger partial charge < -0.3 is 23.7 Å². The monoisotopic (exact) mass is 473 g/mol. The van der Waals surface area contributed by atoms with Crippen LogP contribution in [0.4, 0.5) is 5.69 Å². The number of amides is 1. The number of hydrogen-bond donors (Lipinski definition) is 0. The molecule has 1 amide bonds. The minimum atomic E-state index is 0.131. The molecule has 182 valence electrons. The van der Waals surface area contributed by atoms with Crippen LogP contribution < -0.4 is 14.4 Å². The number of carbonyl (C=O) groups is 1. The number of fused-ring (bicyclic) bond motifs is 1. The lowest BCUT2D eigenvalue weighted by Crippen LogP contribution is -2.36. The Morgan fingerprint density at radius 2 is 1.60 bits per heavy atom. The van der Waals surface area contributed by atoms with Gasteiger partial charge in [0.15, 0.2) is 23.1 Å². The number of piperidine rings is 2. The first-order chi connectivity index (χ1) is 17.2. The lowest BCUT2D eigenvalue weighted by molar-refractivity contribution is -0.129. The van der Waals surface area contributed by atoms with Crippen molar-refractivity contribution in [3.8, 4) is 34.1 Å². The van der Waals surface area contributed by atoms with Crippen LogP contribution in [0.3, 0.4) is 0 Å². The highest BCUT2D eigenvalue weighted by Crippen LogP contribution is 2.41. The maximum atomic E-state index is 11.8. The van der Waals surface area contributed by atoms with E-state index in [4.69, 9.17) is 18.9 Å². The topological polar surface area (TPSA) is 68.0 Å². The Morgan fingerprint density at radius 1 is 0.886 bits per heavy atom. The van der Waals surface area contributed by atoms with Gasteiger partial charge in [-0.05, 0) is 74.6 Å². The average Bonchev–Trinajstić information content (AvgIpc) is 3.56. The van der Waals surface area contributed by atoms with Crippen LogP contribution in [0.25, 0.3) is 22.6 Å². The van der Waals surface area contributed by atoms with Crippen LogP contribution in [0.1, 0.15) is 50.8 Å². The van der Waals surface area contributed by atoms with E-state index < -0.39 is 0 Å². The molecule has 3 aliphatic heterocycles. The van der Waals surface area contributed by atoms with Crippen molar-refractivity contribution in [2.45, 2.75) is 44.9 Å². The van der Waals surface area contributed by atoms with Gasteiger partial charge in [-0.25, -0.2) is 4.98 Å². The molecule has 0 radical (unpaired) electrons. The number of rotatable bonds is 4. The quantitative estimate of drug-likeness (QED) is 0.502. The van der Waals surface area contributed by atoms with Gasteiger partial charge in [0.05, 0.1) is 0 Å². The molecule has 0 spiro atoms. The minimum Gasteiger partial charge on any atom is -0.454 e. The Balaban J connectivity index is 1.34. The van der Waals surface area contributed by atoms with Crippen LogP contribution in [-0.2, 0) is 4.79 Å². The fourth-order valence-corrected chi connectivity index (χ4v) is 5.36. The van der Waals surface area contributed by atoms with Gasteiger partial charge in [0.2, 0.25) is 12.7 Å². The Hall–Kier alpha value is -3.48. The zero-order chi connectivity index (χ0) is 23.8. The zero-order valence-corrected chi connectivity index (χ0v) is 20.2. The molecule has 1 aromatic heterocycles. The van der Waals surface area contributed by atoms with Crippen molar-refractivity contribution in [2.24, 2.45) is 0 Å². The van der Waals surface area contributed by atoms with E-state index >= 15 is 0 Å². The normalized spacial score (nSPS) is 18.2. The van der Waals surface area contributed by atoms with Crippen molar-refractivity contribution >= 4 is 11.6 Å². The van der Waals surface area contributed by atoms with Gasteiger partial charge in [0.25, 0.3) is 0 Å². The summed E-state index contributed by atoms with van der Waals surface area (Å²) in [5, 5.41) is 0. The number of hydrogen-bond acceptors (Lipinski definition) is 6. The Bertz CT molecular complexity index is 1210. The molecule has 7 nitrogen and oxygen atoms in total. The number of oxazole rings is 1. The second-order valence-electron chi connectivity index (χ2n) is 9.67. The summed E-state index contributed by atoms with van der Waals surface area (Å²) in [6, 6.07) is 14.6. The summed E-state index contributed by atoms with van der Waals surface area (Å²) >= 11 is 0. The predicted octanol–water partition coefficient (Wildman–Crippen LogP) is 5.45. The summed E-state index contributed by atoms with van der Waals surface area (Å²) in [5.74, 6) is 3.33. The van der Waals surface area contributed by atoms with Crippen molar-refractivity contribution < 1.29 is 18.7 Å². The summed E-state index contributed by atoms with van der Waals surface area (Å²) in [7, 11) is 0. The summed E-state index contributed by atoms with van der Waals surface area (Å²) in [6.07, 6.45) is 5.54. The Kier molecular flexibility index (Phi) is 5.84. The van der Waals surface area contributed by atoms with Gasteiger partial charge in [0, 0.05) is 55.8 Å². The van der Waals surface area contributed by atoms with Crippen LogP contribution in [0.15, 0.2) is 46.9 Å². The highest BCUT2D eigenvalue weighted by molar-refractivity contribution is 5.79. The molecular formula is C28H31N3O4. The van der Waals surface area contributed by atoms with Gasteiger partial charge in [-0.1, -0.05) is 0 Å². The molecule has 2 saturated heterocycles. The molecule has 4 heterocycles. The second-order valence-corrected chi connectivity index (χ2v) is 9.67. The lowest BCUT2D eigenvalue weighted by atomic mass is 9.97. The van der Waals surface area contributed by atoms with E-state index in [0.29, 0.717) is 0 Å². The SMILES string of the molecule is CC(=O)N1CCC(c2nc(-c3ccc4c(c3)OCO4)c(-c3ccc(N4CCCCC4)cc3)o2)CC1. The summed E-state index contributed by atoms with van der Waals surface area (Å²) in [5.41, 5.74) is 4.03. The van der Waals surface area contributed by atoms with Crippen molar-refractivity contribution in [1.82, 2.24) is 9.88 Å². The first-order valence-corrected chi connectivity index (χ1v) is 12.7. The van der Waals surface area contributed by atoms with Crippen molar-refractivity contribution in [3.63, 3.8) is 0 Å². The third kappa shape index (κ3) is 4.35. The molecule has 7 heteroatoms. The van der Waals surface area contributed by atoms with E-state index in [9.17, 15) is 4.79 Å². The Morgan fingerprint density at radius 3 is 2.34 bits per heavy atom. The van der Waals surface area contributed by atoms with Crippen LogP contribution in [0.2, 0.25) is 0 Å². The van der Waals surface area contributed by atoms with E-state index in [0.717, 1.165) is 79.0 Å². The maximum absolute atomic E-state index is 11.8. The van der Waals surface area contributed by atoms with Crippen molar-refractivity contribution in [3.05, 3.63) is 48.4 Å². The largest absolute Gasteiger partial charge is 0.454 e. The smallest absolute Gasteiger partial charge is 0.231 e. The van der Waals surface area contributed by atoms with Crippen molar-refractivity contribution in [1.29, 1.82) is 0 Å². The zero-order valence-electron chi connectivity index (χ0n) is 20.2. The van der Waals surface area contributed by atoms with Gasteiger partial charge in [0.1, 0.15) is 5.69 Å². The molecule has 0 N–H and O–H groups in total. The van der Waals surface area contributed by atoms with Crippen LogP contribution >= 0.6 is 0 Å². The number of carbonyl (C=O) groups excluding carboxylic acids is 1. The highest BCUT2D eigenvalue weighted by Gasteiger charge is 2.28. The fourth-order valence-electron chi connectivity index (χ4n) is 5.36. The number of aromatic nitrogens is 1. The predicted molar refractivity (Wildman–Crippen MR) is 134 cm³/mol. The molecule has 35 heavy (non-hydrogen) atoms. The standard InChI is InChI=1S/C28H31N3O4/c1-19(32)30-15-11-21(12-16-30)28-29-26(22-7-10-24-25(17-22)34-18-33-24)27(35-28)20-5-8-23(9-6-20)31-13-3-2-4-14-31/h5-10,17,21H,2-4,11-16,18H2,1H3. The van der Waals surface area contributed by atoms with Crippen LogP contribution in [-0.4, -0.2) is 48.8 Å². The van der Waals surface area contributed by atoms with E-state index in [1.165, 1.54) is 24.9 Å². The summed E-state index contributed by atoms with van der Waals surface area (Å²) in [6.45, 7) is 5.58. The molecule has 2 fully saturated rings. The van der Waals surface area contributed by atoms with E-state index in [1.54, 1.807) is 6.92 Å². The maximum Gasteiger partial charge on any atom is 0.231 e. The number of nitrogens with zero attached hydrogens (tertiary/aromatic N) is 3. The number of likely N-dealkylation sites (tertiary alicyclic amines) is 1. The summed E-state index contributed by atoms with van der Waals surface area (Å²) in [4.78, 5) is 21.1. The molecule has 2 aromatic carbocycles. The molecule has 3 aromatic rings. The molecule has 0 unspecified atom stereocenters. The van der Waals surface area contributed by atoms with E-state index in [-0.39, 0.29) is 18.6 Å². The molecule has 6 rings (SSSR count). The number of anilines is 1. The first-order valence-electron chi connectivity index (χ1n) is 12.7. The third-order valence-corrected chi connectivity index (χ3v) is 7.43. The average molecular weight is 474 g/mol. The van der Waals surface area contributed by atoms with E-state index in [2.05, 4.69) is 29.2 Å². The van der Waals surface area contributed by atoms with Gasteiger partial charge in [-0.2, -0.15) is 0 Å². The molecule has 0 atom stereocenters. The van der Waals surface area contributed by atoms with Gasteiger partial charge in [-0.15, -0.1) is 0 Å². The van der Waals surface area contributed by atoms with E-state index in [1.807, 2.05) is 23.1 Å². The molecule has 0 aliphatic carbocycles. The molecular weight excluding hydrogens is 442 g/mol. The fraction of sp³-hybridized carbons (Fsp3) is 0.429. The van der Waals surface area contributed by atoms with Crippen LogP contribution in [0.5, 0.6) is 11.5 Å². The van der Waals surface area contributed by atoms with Gasteiger partial charge >= 0.3 is 0 Å². The van der Waals surface area contributed by atoms with Crippen molar-refractivity contribution in [2.75, 3.05) is 37.9 Å². The molecule has 0 saturated carbocycles. The lowest BCUT2D eigenvalue weighted by Gasteiger charge is -2.29. The minimum absolute atomic E-state index is 0.131. The third-order valence-electron chi connectivity index (χ3n) is 7.43.